The highest BCUT2D eigenvalue weighted by atomic mass is 16.3. The molecule has 0 bridgehead atoms. The first-order chi connectivity index (χ1) is 8.78. The molecule has 1 heteroatoms. The van der Waals surface area contributed by atoms with E-state index in [0.717, 1.165) is 31.2 Å². The number of hydrogen-bond acceptors (Lipinski definition) is 1. The molecule has 0 amide bonds. The molecule has 0 aliphatic heterocycles. The van der Waals surface area contributed by atoms with Crippen molar-refractivity contribution in [3.8, 4) is 0 Å². The average molecular weight is 236 g/mol. The highest BCUT2D eigenvalue weighted by Gasteiger charge is 2.34. The SMILES string of the molecule is OC1(c2ccc3c4c(cccc24)C=C3)CCCC1. The third-order valence-electron chi connectivity index (χ3n) is 4.48. The van der Waals surface area contributed by atoms with Gasteiger partial charge in [0, 0.05) is 0 Å². The van der Waals surface area contributed by atoms with Crippen molar-refractivity contribution in [3.63, 3.8) is 0 Å². The molecule has 0 saturated heterocycles. The summed E-state index contributed by atoms with van der Waals surface area (Å²) in [6.07, 6.45) is 8.41. The van der Waals surface area contributed by atoms with E-state index in [1.807, 2.05) is 0 Å². The lowest BCUT2D eigenvalue weighted by atomic mass is 9.86. The van der Waals surface area contributed by atoms with Crippen LogP contribution in [-0.2, 0) is 5.60 Å². The summed E-state index contributed by atoms with van der Waals surface area (Å²) in [7, 11) is 0. The first-order valence-electron chi connectivity index (χ1n) is 6.75. The van der Waals surface area contributed by atoms with E-state index < -0.39 is 5.60 Å². The van der Waals surface area contributed by atoms with E-state index in [-0.39, 0.29) is 0 Å². The highest BCUT2D eigenvalue weighted by Crippen LogP contribution is 2.43. The zero-order valence-electron chi connectivity index (χ0n) is 10.3. The molecule has 0 aromatic heterocycles. The van der Waals surface area contributed by atoms with Gasteiger partial charge in [0.1, 0.15) is 0 Å². The second kappa shape index (κ2) is 3.46. The van der Waals surface area contributed by atoms with Gasteiger partial charge in [-0.15, -0.1) is 0 Å². The van der Waals surface area contributed by atoms with E-state index in [1.54, 1.807) is 0 Å². The lowest BCUT2D eigenvalue weighted by Gasteiger charge is -2.25. The van der Waals surface area contributed by atoms with Crippen molar-refractivity contribution in [2.75, 3.05) is 0 Å². The molecule has 90 valence electrons. The molecule has 4 rings (SSSR count). The third kappa shape index (κ3) is 1.25. The molecule has 1 saturated carbocycles. The van der Waals surface area contributed by atoms with Gasteiger partial charge in [-0.1, -0.05) is 55.3 Å². The summed E-state index contributed by atoms with van der Waals surface area (Å²) in [6.45, 7) is 0. The summed E-state index contributed by atoms with van der Waals surface area (Å²) in [6, 6.07) is 10.7. The predicted molar refractivity (Wildman–Crippen MR) is 75.2 cm³/mol. The summed E-state index contributed by atoms with van der Waals surface area (Å²) < 4.78 is 0. The van der Waals surface area contributed by atoms with Crippen LogP contribution >= 0.6 is 0 Å². The minimum absolute atomic E-state index is 0.597. The second-order valence-electron chi connectivity index (χ2n) is 5.54. The molecule has 2 aromatic carbocycles. The van der Waals surface area contributed by atoms with Crippen molar-refractivity contribution in [2.24, 2.45) is 0 Å². The Hall–Kier alpha value is -1.60. The van der Waals surface area contributed by atoms with E-state index in [2.05, 4.69) is 42.5 Å². The zero-order valence-corrected chi connectivity index (χ0v) is 10.3. The molecule has 0 unspecified atom stereocenters. The fraction of sp³-hybridized carbons (Fsp3) is 0.294. The van der Waals surface area contributed by atoms with E-state index in [1.165, 1.54) is 21.9 Å². The Morgan fingerprint density at radius 3 is 2.39 bits per heavy atom. The van der Waals surface area contributed by atoms with Crippen molar-refractivity contribution in [2.45, 2.75) is 31.3 Å². The van der Waals surface area contributed by atoms with Gasteiger partial charge in [0.25, 0.3) is 0 Å². The van der Waals surface area contributed by atoms with Crippen LogP contribution in [0.1, 0.15) is 42.4 Å². The first-order valence-corrected chi connectivity index (χ1v) is 6.75. The average Bonchev–Trinajstić information content (AvgIpc) is 2.99. The van der Waals surface area contributed by atoms with E-state index >= 15 is 0 Å². The van der Waals surface area contributed by atoms with Gasteiger partial charge in [-0.05, 0) is 40.3 Å². The van der Waals surface area contributed by atoms with Crippen molar-refractivity contribution in [3.05, 3.63) is 47.0 Å². The lowest BCUT2D eigenvalue weighted by molar-refractivity contribution is 0.0460. The minimum atomic E-state index is -0.597. The molecule has 1 nitrogen and oxygen atoms in total. The van der Waals surface area contributed by atoms with Crippen LogP contribution in [0.4, 0.5) is 0 Å². The van der Waals surface area contributed by atoms with Gasteiger partial charge in [-0.2, -0.15) is 0 Å². The molecular weight excluding hydrogens is 220 g/mol. The molecular formula is C17H16O. The number of benzene rings is 2. The first kappa shape index (κ1) is 10.3. The maximum Gasteiger partial charge on any atom is 0.0902 e. The van der Waals surface area contributed by atoms with Crippen LogP contribution in [0.3, 0.4) is 0 Å². The molecule has 0 heterocycles. The van der Waals surface area contributed by atoms with Crippen LogP contribution in [0.15, 0.2) is 30.3 Å². The van der Waals surface area contributed by atoms with E-state index in [0.29, 0.717) is 0 Å². The fourth-order valence-corrected chi connectivity index (χ4v) is 3.56. The summed E-state index contributed by atoms with van der Waals surface area (Å²) in [4.78, 5) is 0. The van der Waals surface area contributed by atoms with Crippen LogP contribution < -0.4 is 0 Å². The summed E-state index contributed by atoms with van der Waals surface area (Å²) in [5.41, 5.74) is 3.10. The number of aliphatic hydroxyl groups is 1. The molecule has 1 N–H and O–H groups in total. The molecule has 2 aromatic rings. The third-order valence-corrected chi connectivity index (χ3v) is 4.48. The van der Waals surface area contributed by atoms with Gasteiger partial charge in [-0.3, -0.25) is 0 Å². The summed E-state index contributed by atoms with van der Waals surface area (Å²) in [5, 5.41) is 13.4. The monoisotopic (exact) mass is 236 g/mol. The zero-order chi connectivity index (χ0) is 12.2. The summed E-state index contributed by atoms with van der Waals surface area (Å²) >= 11 is 0. The Balaban J connectivity index is 2.04. The van der Waals surface area contributed by atoms with Crippen molar-refractivity contribution in [1.29, 1.82) is 0 Å². The minimum Gasteiger partial charge on any atom is -0.385 e. The standard InChI is InChI=1S/C17H16O/c18-17(10-1-2-11-17)15-9-8-13-7-6-12-4-3-5-14(15)16(12)13/h3-9,18H,1-2,10-11H2. The Morgan fingerprint density at radius 1 is 0.889 bits per heavy atom. The molecule has 1 fully saturated rings. The van der Waals surface area contributed by atoms with Gasteiger partial charge in [0.2, 0.25) is 0 Å². The Labute approximate surface area is 107 Å². The maximum absolute atomic E-state index is 10.8. The smallest absolute Gasteiger partial charge is 0.0902 e. The number of rotatable bonds is 1. The molecule has 0 spiro atoms. The van der Waals surface area contributed by atoms with Crippen LogP contribution in [0.5, 0.6) is 0 Å². The van der Waals surface area contributed by atoms with Crippen LogP contribution in [0, 0.1) is 0 Å². The second-order valence-corrected chi connectivity index (χ2v) is 5.54. The fourth-order valence-electron chi connectivity index (χ4n) is 3.56. The molecule has 2 aliphatic rings. The van der Waals surface area contributed by atoms with Gasteiger partial charge in [-0.25, -0.2) is 0 Å². The van der Waals surface area contributed by atoms with E-state index in [4.69, 9.17) is 0 Å². The predicted octanol–water partition coefficient (Wildman–Crippen LogP) is 4.09. The van der Waals surface area contributed by atoms with Crippen molar-refractivity contribution < 1.29 is 5.11 Å². The highest BCUT2D eigenvalue weighted by molar-refractivity contribution is 6.06. The van der Waals surface area contributed by atoms with Crippen LogP contribution in [0.25, 0.3) is 22.9 Å². The summed E-state index contributed by atoms with van der Waals surface area (Å²) in [5.74, 6) is 0. The molecule has 18 heavy (non-hydrogen) atoms. The van der Waals surface area contributed by atoms with Gasteiger partial charge in [0.15, 0.2) is 0 Å². The topological polar surface area (TPSA) is 20.2 Å². The number of hydrogen-bond donors (Lipinski definition) is 1. The van der Waals surface area contributed by atoms with E-state index in [9.17, 15) is 5.11 Å². The van der Waals surface area contributed by atoms with Crippen molar-refractivity contribution in [1.82, 2.24) is 0 Å². The molecule has 2 aliphatic carbocycles. The lowest BCUT2D eigenvalue weighted by Crippen LogP contribution is -2.21. The Morgan fingerprint density at radius 2 is 1.61 bits per heavy atom. The van der Waals surface area contributed by atoms with Crippen LogP contribution in [0.2, 0.25) is 0 Å². The maximum atomic E-state index is 10.8. The van der Waals surface area contributed by atoms with Gasteiger partial charge >= 0.3 is 0 Å². The van der Waals surface area contributed by atoms with Crippen molar-refractivity contribution >= 4 is 22.9 Å². The Kier molecular flexibility index (Phi) is 1.98. The Bertz CT molecular complexity index is 648. The quantitative estimate of drug-likeness (QED) is 0.675. The molecule has 0 atom stereocenters. The van der Waals surface area contributed by atoms with Gasteiger partial charge in [0.05, 0.1) is 5.60 Å². The van der Waals surface area contributed by atoms with Gasteiger partial charge < -0.3 is 5.11 Å². The molecule has 0 radical (unpaired) electrons. The largest absolute Gasteiger partial charge is 0.385 e. The normalized spacial score (nSPS) is 19.8. The van der Waals surface area contributed by atoms with Crippen LogP contribution in [-0.4, -0.2) is 5.11 Å².